The Hall–Kier alpha value is -2.36. The highest BCUT2D eigenvalue weighted by molar-refractivity contribution is 6.35. The molecule has 0 spiro atoms. The number of hydrogen-bond donors (Lipinski definition) is 1. The molecule has 0 saturated carbocycles. The van der Waals surface area contributed by atoms with Crippen molar-refractivity contribution in [1.29, 1.82) is 0 Å². The number of aryl methyl sites for hydroxylation is 1. The smallest absolute Gasteiger partial charge is 0.161 e. The van der Waals surface area contributed by atoms with Crippen molar-refractivity contribution in [3.8, 4) is 11.5 Å². The van der Waals surface area contributed by atoms with Gasteiger partial charge in [-0.25, -0.2) is 0 Å². The summed E-state index contributed by atoms with van der Waals surface area (Å²) in [6, 6.07) is 19.5. The molecule has 0 fully saturated rings. The molecule has 0 aliphatic carbocycles. The van der Waals surface area contributed by atoms with Gasteiger partial charge in [0.2, 0.25) is 0 Å². The van der Waals surface area contributed by atoms with Crippen LogP contribution in [-0.2, 0) is 13.2 Å². The highest BCUT2D eigenvalue weighted by Gasteiger charge is 2.08. The van der Waals surface area contributed by atoms with Crippen molar-refractivity contribution < 1.29 is 9.47 Å². The van der Waals surface area contributed by atoms with E-state index in [9.17, 15) is 0 Å². The van der Waals surface area contributed by atoms with E-state index in [2.05, 4.69) is 24.4 Å². The maximum atomic E-state index is 6.20. The van der Waals surface area contributed by atoms with Gasteiger partial charge in [0.15, 0.2) is 11.5 Å². The van der Waals surface area contributed by atoms with Gasteiger partial charge in [0.1, 0.15) is 6.61 Å². The monoisotopic (exact) mass is 401 g/mol. The van der Waals surface area contributed by atoms with Crippen LogP contribution in [0.3, 0.4) is 0 Å². The average molecular weight is 402 g/mol. The lowest BCUT2D eigenvalue weighted by Crippen LogP contribution is -2.03. The van der Waals surface area contributed by atoms with Crippen LogP contribution in [0.15, 0.2) is 60.7 Å². The molecule has 0 aliphatic heterocycles. The van der Waals surface area contributed by atoms with E-state index in [0.717, 1.165) is 16.8 Å². The van der Waals surface area contributed by atoms with Gasteiger partial charge in [0, 0.05) is 27.8 Å². The maximum absolute atomic E-state index is 6.20. The van der Waals surface area contributed by atoms with E-state index in [-0.39, 0.29) is 0 Å². The van der Waals surface area contributed by atoms with Crippen molar-refractivity contribution in [2.45, 2.75) is 20.1 Å². The lowest BCUT2D eigenvalue weighted by molar-refractivity contribution is 0.284. The Morgan fingerprint density at radius 2 is 1.74 bits per heavy atom. The molecule has 27 heavy (non-hydrogen) atoms. The van der Waals surface area contributed by atoms with Gasteiger partial charge >= 0.3 is 0 Å². The van der Waals surface area contributed by atoms with E-state index >= 15 is 0 Å². The molecule has 0 radical (unpaired) electrons. The summed E-state index contributed by atoms with van der Waals surface area (Å²) in [4.78, 5) is 0. The quantitative estimate of drug-likeness (QED) is 0.489. The third-order valence-corrected chi connectivity index (χ3v) is 4.84. The third-order valence-electron chi connectivity index (χ3n) is 4.25. The molecule has 0 aliphatic rings. The van der Waals surface area contributed by atoms with Crippen molar-refractivity contribution >= 4 is 28.9 Å². The molecule has 3 aromatic rings. The van der Waals surface area contributed by atoms with E-state index in [1.54, 1.807) is 19.2 Å². The molecule has 3 rings (SSSR count). The minimum atomic E-state index is 0.340. The first-order chi connectivity index (χ1) is 13.1. The minimum absolute atomic E-state index is 0.340. The summed E-state index contributed by atoms with van der Waals surface area (Å²) in [5, 5.41) is 4.63. The zero-order chi connectivity index (χ0) is 19.2. The van der Waals surface area contributed by atoms with Crippen LogP contribution in [0.5, 0.6) is 11.5 Å². The Morgan fingerprint density at radius 1 is 0.926 bits per heavy atom. The highest BCUT2D eigenvalue weighted by Crippen LogP contribution is 2.30. The predicted molar refractivity (Wildman–Crippen MR) is 112 cm³/mol. The number of rotatable bonds is 7. The summed E-state index contributed by atoms with van der Waals surface area (Å²) in [6.45, 7) is 3.12. The Labute approximate surface area is 169 Å². The fourth-order valence-corrected chi connectivity index (χ4v) is 3.17. The van der Waals surface area contributed by atoms with Gasteiger partial charge in [-0.2, -0.15) is 0 Å². The second-order valence-electron chi connectivity index (χ2n) is 6.18. The molecule has 140 valence electrons. The normalized spacial score (nSPS) is 10.5. The molecular formula is C22H21Cl2NO2. The molecule has 0 unspecified atom stereocenters. The van der Waals surface area contributed by atoms with Crippen molar-refractivity contribution in [2.24, 2.45) is 0 Å². The fourth-order valence-electron chi connectivity index (χ4n) is 2.70. The van der Waals surface area contributed by atoms with E-state index in [4.69, 9.17) is 32.7 Å². The molecule has 1 N–H and O–H groups in total. The van der Waals surface area contributed by atoms with Crippen molar-refractivity contribution in [1.82, 2.24) is 0 Å². The lowest BCUT2D eigenvalue weighted by Gasteiger charge is -2.14. The standard InChI is InChI=1S/C22H21Cl2NO2/c1-15-5-3-4-6-20(15)25-13-16-7-10-21(22(11-16)26-2)27-14-17-8-9-18(23)12-19(17)24/h3-12,25H,13-14H2,1-2H3. The van der Waals surface area contributed by atoms with Crippen LogP contribution >= 0.6 is 23.2 Å². The first-order valence-corrected chi connectivity index (χ1v) is 9.35. The summed E-state index contributed by atoms with van der Waals surface area (Å²) in [6.07, 6.45) is 0. The Bertz CT molecular complexity index is 928. The van der Waals surface area contributed by atoms with E-state index in [1.165, 1.54) is 5.56 Å². The molecule has 3 nitrogen and oxygen atoms in total. The molecule has 0 bridgehead atoms. The van der Waals surface area contributed by atoms with Gasteiger partial charge in [-0.1, -0.05) is 53.5 Å². The van der Waals surface area contributed by atoms with Crippen molar-refractivity contribution in [3.63, 3.8) is 0 Å². The summed E-state index contributed by atoms with van der Waals surface area (Å²) in [5.74, 6) is 1.35. The van der Waals surface area contributed by atoms with Crippen LogP contribution in [0.4, 0.5) is 5.69 Å². The average Bonchev–Trinajstić information content (AvgIpc) is 2.67. The van der Waals surface area contributed by atoms with Crippen LogP contribution in [0.25, 0.3) is 0 Å². The van der Waals surface area contributed by atoms with Gasteiger partial charge in [0.05, 0.1) is 7.11 Å². The first kappa shape index (κ1) is 19.4. The number of halogens is 2. The molecule has 5 heteroatoms. The summed E-state index contributed by atoms with van der Waals surface area (Å²) < 4.78 is 11.4. The van der Waals surface area contributed by atoms with Crippen LogP contribution in [0.1, 0.15) is 16.7 Å². The molecule has 3 aromatic carbocycles. The highest BCUT2D eigenvalue weighted by atomic mass is 35.5. The number of anilines is 1. The fraction of sp³-hybridized carbons (Fsp3) is 0.182. The van der Waals surface area contributed by atoms with E-state index in [0.29, 0.717) is 34.7 Å². The number of nitrogens with one attached hydrogen (secondary N) is 1. The summed E-state index contributed by atoms with van der Waals surface area (Å²) >= 11 is 12.1. The molecule has 0 saturated heterocycles. The van der Waals surface area contributed by atoms with Gasteiger partial charge in [-0.05, 0) is 48.4 Å². The van der Waals surface area contributed by atoms with Gasteiger partial charge in [0.25, 0.3) is 0 Å². The molecule has 0 heterocycles. The molecule has 0 atom stereocenters. The largest absolute Gasteiger partial charge is 0.493 e. The number of ether oxygens (including phenoxy) is 2. The Kier molecular flexibility index (Phi) is 6.49. The zero-order valence-corrected chi connectivity index (χ0v) is 16.8. The van der Waals surface area contributed by atoms with E-state index in [1.807, 2.05) is 36.4 Å². The maximum Gasteiger partial charge on any atom is 0.161 e. The first-order valence-electron chi connectivity index (χ1n) is 8.60. The van der Waals surface area contributed by atoms with Gasteiger partial charge < -0.3 is 14.8 Å². The van der Waals surface area contributed by atoms with Gasteiger partial charge in [-0.3, -0.25) is 0 Å². The van der Waals surface area contributed by atoms with Crippen LogP contribution < -0.4 is 14.8 Å². The topological polar surface area (TPSA) is 30.5 Å². The Morgan fingerprint density at radius 3 is 2.48 bits per heavy atom. The summed E-state index contributed by atoms with van der Waals surface area (Å²) in [5.41, 5.74) is 4.30. The molecule has 0 amide bonds. The predicted octanol–water partition coefficient (Wildman–Crippen LogP) is 6.50. The minimum Gasteiger partial charge on any atom is -0.493 e. The summed E-state index contributed by atoms with van der Waals surface area (Å²) in [7, 11) is 1.63. The lowest BCUT2D eigenvalue weighted by atomic mass is 10.1. The second kappa shape index (κ2) is 9.03. The van der Waals surface area contributed by atoms with Crippen LogP contribution in [-0.4, -0.2) is 7.11 Å². The number of para-hydroxylation sites is 1. The van der Waals surface area contributed by atoms with Crippen LogP contribution in [0, 0.1) is 6.92 Å². The molecular weight excluding hydrogens is 381 g/mol. The van der Waals surface area contributed by atoms with E-state index < -0.39 is 0 Å². The zero-order valence-electron chi connectivity index (χ0n) is 15.3. The number of methoxy groups -OCH3 is 1. The Balaban J connectivity index is 1.67. The second-order valence-corrected chi connectivity index (χ2v) is 7.02. The third kappa shape index (κ3) is 5.09. The number of benzene rings is 3. The van der Waals surface area contributed by atoms with Crippen molar-refractivity contribution in [2.75, 3.05) is 12.4 Å². The SMILES string of the molecule is COc1cc(CNc2ccccc2C)ccc1OCc1ccc(Cl)cc1Cl. The van der Waals surface area contributed by atoms with Crippen molar-refractivity contribution in [3.05, 3.63) is 87.4 Å². The number of hydrogen-bond acceptors (Lipinski definition) is 3. The molecule has 0 aromatic heterocycles. The van der Waals surface area contributed by atoms with Crippen LogP contribution in [0.2, 0.25) is 10.0 Å². The van der Waals surface area contributed by atoms with Gasteiger partial charge in [-0.15, -0.1) is 0 Å².